The molecule has 254 valence electrons. The van der Waals surface area contributed by atoms with Crippen LogP contribution < -0.4 is 15.8 Å². The predicted octanol–water partition coefficient (Wildman–Crippen LogP) is 12.3. The molecule has 0 unspecified atom stereocenters. The van der Waals surface area contributed by atoms with Crippen LogP contribution in [0.5, 0.6) is 0 Å². The van der Waals surface area contributed by atoms with Gasteiger partial charge in [-0.2, -0.15) is 0 Å². The SMILES string of the molecule is CC(C)(C)c1cc(N2c3cc4c5ccccc5c5ccccc5c4cc3B3c4c(cccc42)-c2cccc4c5ccccc5n3c24)cc(C(C)(C)C)c1. The monoisotopic (exact) mass is 680 g/mol. The maximum Gasteiger partial charge on any atom is 0.333 e. The van der Waals surface area contributed by atoms with Crippen molar-refractivity contribution in [2.75, 3.05) is 4.90 Å². The highest BCUT2D eigenvalue weighted by Crippen LogP contribution is 2.48. The lowest BCUT2D eigenvalue weighted by atomic mass is 9.45. The number of nitrogens with zero attached hydrogens (tertiary/aromatic N) is 2. The molecule has 0 amide bonds. The molecule has 3 heterocycles. The van der Waals surface area contributed by atoms with Crippen LogP contribution >= 0.6 is 0 Å². The maximum absolute atomic E-state index is 2.67. The zero-order valence-electron chi connectivity index (χ0n) is 31.3. The summed E-state index contributed by atoms with van der Waals surface area (Å²) in [6, 6.07) is 53.3. The summed E-state index contributed by atoms with van der Waals surface area (Å²) in [7, 11) is 0. The van der Waals surface area contributed by atoms with Gasteiger partial charge in [-0.05, 0) is 101 Å². The third kappa shape index (κ3) is 4.17. The molecule has 0 saturated carbocycles. The number of anilines is 3. The Balaban J connectivity index is 1.35. The van der Waals surface area contributed by atoms with E-state index in [9.17, 15) is 0 Å². The van der Waals surface area contributed by atoms with Crippen LogP contribution in [0.25, 0.3) is 65.3 Å². The molecule has 2 aliphatic rings. The molecule has 0 aliphatic carbocycles. The van der Waals surface area contributed by atoms with E-state index in [0.717, 1.165) is 0 Å². The summed E-state index contributed by atoms with van der Waals surface area (Å²) in [4.78, 5) is 2.61. The van der Waals surface area contributed by atoms with Crippen molar-refractivity contribution < 1.29 is 0 Å². The largest absolute Gasteiger partial charge is 0.375 e. The molecule has 2 nitrogen and oxygen atoms in total. The first kappa shape index (κ1) is 30.8. The second kappa shape index (κ2) is 10.4. The number of aromatic nitrogens is 1. The molecule has 53 heavy (non-hydrogen) atoms. The predicted molar refractivity (Wildman–Crippen MR) is 230 cm³/mol. The highest BCUT2D eigenvalue weighted by Gasteiger charge is 2.43. The molecule has 0 spiro atoms. The Kier molecular flexibility index (Phi) is 6.05. The van der Waals surface area contributed by atoms with Crippen LogP contribution in [0.1, 0.15) is 52.7 Å². The van der Waals surface area contributed by atoms with Gasteiger partial charge in [-0.1, -0.05) is 151 Å². The van der Waals surface area contributed by atoms with Crippen molar-refractivity contribution in [3.63, 3.8) is 0 Å². The molecular weight excluding hydrogens is 639 g/mol. The first-order chi connectivity index (χ1) is 25.6. The highest BCUT2D eigenvalue weighted by atomic mass is 15.2. The van der Waals surface area contributed by atoms with E-state index in [2.05, 4.69) is 190 Å². The van der Waals surface area contributed by atoms with Gasteiger partial charge < -0.3 is 9.38 Å². The van der Waals surface area contributed by atoms with Crippen molar-refractivity contribution in [3.05, 3.63) is 151 Å². The number of hydrogen-bond acceptors (Lipinski definition) is 1. The minimum absolute atomic E-state index is 0.00673. The Hall–Kier alpha value is -5.80. The van der Waals surface area contributed by atoms with Crippen LogP contribution in [0.3, 0.4) is 0 Å². The Labute approximate surface area is 311 Å². The molecule has 9 aromatic rings. The van der Waals surface area contributed by atoms with Gasteiger partial charge in [-0.15, -0.1) is 0 Å². The van der Waals surface area contributed by atoms with Crippen molar-refractivity contribution in [2.45, 2.75) is 52.4 Å². The minimum Gasteiger partial charge on any atom is -0.375 e. The smallest absolute Gasteiger partial charge is 0.333 e. The molecule has 0 bridgehead atoms. The Morgan fingerprint density at radius 3 is 1.60 bits per heavy atom. The van der Waals surface area contributed by atoms with Gasteiger partial charge >= 0.3 is 6.85 Å². The average molecular weight is 681 g/mol. The van der Waals surface area contributed by atoms with Crippen molar-refractivity contribution in [2.24, 2.45) is 0 Å². The van der Waals surface area contributed by atoms with Crippen LogP contribution in [0.15, 0.2) is 140 Å². The summed E-state index contributed by atoms with van der Waals surface area (Å²) in [5, 5.41) is 10.4. The third-order valence-electron chi connectivity index (χ3n) is 12.2. The Morgan fingerprint density at radius 2 is 0.962 bits per heavy atom. The van der Waals surface area contributed by atoms with Crippen LogP contribution in [0.4, 0.5) is 17.1 Å². The van der Waals surface area contributed by atoms with Crippen molar-refractivity contribution in [1.82, 2.24) is 4.48 Å². The van der Waals surface area contributed by atoms with Gasteiger partial charge in [0, 0.05) is 44.4 Å². The maximum atomic E-state index is 2.67. The van der Waals surface area contributed by atoms with E-state index in [1.165, 1.54) is 104 Å². The van der Waals surface area contributed by atoms with Gasteiger partial charge in [0.1, 0.15) is 0 Å². The number of benzene rings is 8. The highest BCUT2D eigenvalue weighted by molar-refractivity contribution is 6.90. The van der Waals surface area contributed by atoms with Crippen LogP contribution in [-0.4, -0.2) is 11.3 Å². The topological polar surface area (TPSA) is 8.17 Å². The molecule has 8 aromatic carbocycles. The quantitative estimate of drug-likeness (QED) is 0.124. The van der Waals surface area contributed by atoms with E-state index in [1.807, 2.05) is 0 Å². The van der Waals surface area contributed by atoms with Gasteiger partial charge in [-0.3, -0.25) is 0 Å². The van der Waals surface area contributed by atoms with Crippen LogP contribution in [0, 0.1) is 0 Å². The van der Waals surface area contributed by atoms with E-state index in [1.54, 1.807) is 0 Å². The zero-order valence-corrected chi connectivity index (χ0v) is 31.3. The molecule has 11 rings (SSSR count). The summed E-state index contributed by atoms with van der Waals surface area (Å²) < 4.78 is 2.67. The lowest BCUT2D eigenvalue weighted by Gasteiger charge is -2.41. The number of fused-ring (bicyclic) bond motifs is 13. The lowest BCUT2D eigenvalue weighted by molar-refractivity contribution is 0.569. The van der Waals surface area contributed by atoms with Gasteiger partial charge in [0.2, 0.25) is 0 Å². The van der Waals surface area contributed by atoms with E-state index in [4.69, 9.17) is 0 Å². The molecule has 3 heteroatoms. The fourth-order valence-electron chi connectivity index (χ4n) is 9.62. The van der Waals surface area contributed by atoms with Crippen molar-refractivity contribution in [3.8, 4) is 11.1 Å². The zero-order chi connectivity index (χ0) is 36.0. The molecule has 0 saturated heterocycles. The van der Waals surface area contributed by atoms with Crippen molar-refractivity contribution >= 4 is 89.0 Å². The van der Waals surface area contributed by atoms with Gasteiger partial charge in [0.05, 0.1) is 0 Å². The first-order valence-corrected chi connectivity index (χ1v) is 19.1. The third-order valence-corrected chi connectivity index (χ3v) is 12.2. The van der Waals surface area contributed by atoms with E-state index < -0.39 is 0 Å². The fourth-order valence-corrected chi connectivity index (χ4v) is 9.62. The first-order valence-electron chi connectivity index (χ1n) is 19.1. The summed E-state index contributed by atoms with van der Waals surface area (Å²) in [6.45, 7) is 14.0. The van der Waals surface area contributed by atoms with Gasteiger partial charge in [0.25, 0.3) is 0 Å². The molecule has 0 N–H and O–H groups in total. The second-order valence-corrected chi connectivity index (χ2v) is 17.4. The number of hydrogen-bond donors (Lipinski definition) is 0. The normalized spacial score (nSPS) is 13.8. The number of rotatable bonds is 1. The summed E-state index contributed by atoms with van der Waals surface area (Å²) in [5.74, 6) is 0. The summed E-state index contributed by atoms with van der Waals surface area (Å²) >= 11 is 0. The molecule has 0 atom stereocenters. The molecule has 1 aromatic heterocycles. The fraction of sp³-hybridized carbons (Fsp3) is 0.160. The number of para-hydroxylation sites is 2. The molecule has 2 aliphatic heterocycles. The van der Waals surface area contributed by atoms with E-state index >= 15 is 0 Å². The van der Waals surface area contributed by atoms with Crippen molar-refractivity contribution in [1.29, 1.82) is 0 Å². The van der Waals surface area contributed by atoms with E-state index in [0.29, 0.717) is 0 Å². The second-order valence-electron chi connectivity index (χ2n) is 17.4. The average Bonchev–Trinajstić information content (AvgIpc) is 3.50. The lowest BCUT2D eigenvalue weighted by Crippen LogP contribution is -2.56. The van der Waals surface area contributed by atoms with Crippen LogP contribution in [-0.2, 0) is 10.8 Å². The minimum atomic E-state index is -0.0135. The molecule has 0 radical (unpaired) electrons. The Morgan fingerprint density at radius 1 is 0.434 bits per heavy atom. The van der Waals surface area contributed by atoms with Gasteiger partial charge in [0.15, 0.2) is 0 Å². The Bertz CT molecular complexity index is 3010. The molecular formula is C50H41BN2. The van der Waals surface area contributed by atoms with E-state index in [-0.39, 0.29) is 17.7 Å². The molecule has 0 fully saturated rings. The summed E-state index contributed by atoms with van der Waals surface area (Å²) in [5.41, 5.74) is 14.4. The standard InChI is InChI=1S/C50H41BN2/c1-49(2,3)30-25-31(50(4,5)6)27-32(26-30)52-45-24-14-20-38-40-22-13-21-39-37-19-11-12-23-44(37)53(48(39)40)51(47(38)45)43-28-41-35-17-9-7-15-33(35)34-16-8-10-18-36(34)42(41)29-46(43)52/h7-29H,1-6H3. The summed E-state index contributed by atoms with van der Waals surface area (Å²) in [6.07, 6.45) is 0. The van der Waals surface area contributed by atoms with Crippen LogP contribution in [0.2, 0.25) is 0 Å². The van der Waals surface area contributed by atoms with Gasteiger partial charge in [-0.25, -0.2) is 0 Å².